The van der Waals surface area contributed by atoms with Crippen molar-refractivity contribution < 1.29 is 8.42 Å². The SMILES string of the molecule is CCc1ccc(S(=O)(=O)NC(C)(C)C)c(Cl)c1Cl. The van der Waals surface area contributed by atoms with Crippen molar-refractivity contribution in [3.05, 3.63) is 27.7 Å². The van der Waals surface area contributed by atoms with Crippen molar-refractivity contribution in [1.82, 2.24) is 4.72 Å². The van der Waals surface area contributed by atoms with Gasteiger partial charge in [-0.1, -0.05) is 36.2 Å². The van der Waals surface area contributed by atoms with Gasteiger partial charge < -0.3 is 0 Å². The van der Waals surface area contributed by atoms with E-state index in [1.54, 1.807) is 26.8 Å². The first-order valence-electron chi connectivity index (χ1n) is 5.59. The molecule has 0 atom stereocenters. The van der Waals surface area contributed by atoms with Crippen molar-refractivity contribution in [1.29, 1.82) is 0 Å². The zero-order valence-corrected chi connectivity index (χ0v) is 13.2. The van der Waals surface area contributed by atoms with Crippen molar-refractivity contribution in [3.8, 4) is 0 Å². The molecule has 1 aromatic carbocycles. The number of hydrogen-bond acceptors (Lipinski definition) is 2. The summed E-state index contributed by atoms with van der Waals surface area (Å²) in [5, 5.41) is 0.378. The van der Waals surface area contributed by atoms with Crippen molar-refractivity contribution in [2.24, 2.45) is 0 Å². The molecule has 102 valence electrons. The minimum Gasteiger partial charge on any atom is -0.207 e. The third-order valence-electron chi connectivity index (χ3n) is 2.24. The lowest BCUT2D eigenvalue weighted by atomic mass is 10.1. The van der Waals surface area contributed by atoms with Crippen molar-refractivity contribution in [2.45, 2.75) is 44.6 Å². The highest BCUT2D eigenvalue weighted by atomic mass is 35.5. The van der Waals surface area contributed by atoms with Crippen LogP contribution in [0.4, 0.5) is 0 Å². The summed E-state index contributed by atoms with van der Waals surface area (Å²) in [4.78, 5) is 0.0151. The van der Waals surface area contributed by atoms with Crippen molar-refractivity contribution in [3.63, 3.8) is 0 Å². The van der Waals surface area contributed by atoms with Crippen molar-refractivity contribution >= 4 is 33.2 Å². The summed E-state index contributed by atoms with van der Waals surface area (Å²) in [7, 11) is -3.66. The number of benzene rings is 1. The van der Waals surface area contributed by atoms with E-state index >= 15 is 0 Å². The summed E-state index contributed by atoms with van der Waals surface area (Å²) in [6.45, 7) is 7.22. The minimum absolute atomic E-state index is 0.0151. The van der Waals surface area contributed by atoms with Gasteiger partial charge in [0.1, 0.15) is 4.90 Å². The first-order chi connectivity index (χ1) is 8.08. The van der Waals surface area contributed by atoms with E-state index in [0.29, 0.717) is 11.4 Å². The fraction of sp³-hybridized carbons (Fsp3) is 0.500. The molecule has 1 N–H and O–H groups in total. The normalized spacial score (nSPS) is 12.8. The van der Waals surface area contributed by atoms with E-state index in [1.165, 1.54) is 6.07 Å². The molecule has 0 saturated heterocycles. The average Bonchev–Trinajstić information content (AvgIpc) is 2.18. The Bertz CT molecular complexity index is 548. The van der Waals surface area contributed by atoms with Crippen LogP contribution >= 0.6 is 23.2 Å². The first-order valence-corrected chi connectivity index (χ1v) is 7.83. The highest BCUT2D eigenvalue weighted by Gasteiger charge is 2.25. The van der Waals surface area contributed by atoms with Crippen LogP contribution in [-0.4, -0.2) is 14.0 Å². The van der Waals surface area contributed by atoms with Crippen LogP contribution in [0.5, 0.6) is 0 Å². The van der Waals surface area contributed by atoms with Crippen LogP contribution in [0, 0.1) is 0 Å². The zero-order chi connectivity index (χ0) is 14.1. The zero-order valence-electron chi connectivity index (χ0n) is 10.8. The predicted molar refractivity (Wildman–Crippen MR) is 75.9 cm³/mol. The number of halogens is 2. The Hall–Kier alpha value is -0.290. The number of aryl methyl sites for hydroxylation is 1. The second-order valence-corrected chi connectivity index (χ2v) is 7.47. The van der Waals surface area contributed by atoms with Crippen LogP contribution < -0.4 is 4.72 Å². The summed E-state index contributed by atoms with van der Waals surface area (Å²) in [6, 6.07) is 3.17. The smallest absolute Gasteiger partial charge is 0.207 e. The lowest BCUT2D eigenvalue weighted by Gasteiger charge is -2.21. The van der Waals surface area contributed by atoms with Gasteiger partial charge in [0.25, 0.3) is 0 Å². The Morgan fingerprint density at radius 2 is 1.72 bits per heavy atom. The van der Waals surface area contributed by atoms with Crippen LogP contribution in [0.3, 0.4) is 0 Å². The Balaban J connectivity index is 3.31. The molecule has 0 aliphatic rings. The van der Waals surface area contributed by atoms with Gasteiger partial charge in [-0.15, -0.1) is 0 Å². The Morgan fingerprint density at radius 3 is 2.17 bits per heavy atom. The molecular weight excluding hydrogens is 293 g/mol. The van der Waals surface area contributed by atoms with E-state index in [0.717, 1.165) is 5.56 Å². The van der Waals surface area contributed by atoms with Gasteiger partial charge in [0.05, 0.1) is 10.0 Å². The van der Waals surface area contributed by atoms with Crippen LogP contribution in [0.1, 0.15) is 33.3 Å². The molecule has 1 aromatic rings. The Kier molecular flexibility index (Phi) is 4.70. The Morgan fingerprint density at radius 1 is 1.17 bits per heavy atom. The molecule has 1 rings (SSSR count). The predicted octanol–water partition coefficient (Wildman–Crippen LogP) is 3.63. The molecular formula is C12H17Cl2NO2S. The summed E-state index contributed by atoms with van der Waals surface area (Å²) < 4.78 is 26.9. The standard InChI is InChI=1S/C12H17Cl2NO2S/c1-5-8-6-7-9(11(14)10(8)13)18(16,17)15-12(2,3)4/h6-7,15H,5H2,1-4H3. The van der Waals surface area contributed by atoms with Crippen molar-refractivity contribution in [2.75, 3.05) is 0 Å². The lowest BCUT2D eigenvalue weighted by Crippen LogP contribution is -2.40. The second-order valence-electron chi connectivity index (χ2n) is 5.06. The number of nitrogens with one attached hydrogen (secondary N) is 1. The van der Waals surface area contributed by atoms with Gasteiger partial charge in [-0.25, -0.2) is 13.1 Å². The fourth-order valence-electron chi connectivity index (χ4n) is 1.51. The average molecular weight is 310 g/mol. The molecule has 0 amide bonds. The van der Waals surface area contributed by atoms with Gasteiger partial charge in [0, 0.05) is 5.54 Å². The van der Waals surface area contributed by atoms with Crippen LogP contribution in [0.2, 0.25) is 10.0 Å². The second kappa shape index (κ2) is 5.37. The fourth-order valence-corrected chi connectivity index (χ4v) is 3.86. The topological polar surface area (TPSA) is 46.2 Å². The summed E-state index contributed by atoms with van der Waals surface area (Å²) in [5.41, 5.74) is 0.259. The molecule has 0 saturated carbocycles. The molecule has 0 spiro atoms. The maximum absolute atomic E-state index is 12.2. The molecule has 0 aliphatic heterocycles. The minimum atomic E-state index is -3.66. The molecule has 6 heteroatoms. The van der Waals surface area contributed by atoms with E-state index in [9.17, 15) is 8.42 Å². The maximum Gasteiger partial charge on any atom is 0.242 e. The third-order valence-corrected chi connectivity index (χ3v) is 5.07. The van der Waals surface area contributed by atoms with E-state index < -0.39 is 15.6 Å². The molecule has 0 aliphatic carbocycles. The third kappa shape index (κ3) is 3.60. The van der Waals surface area contributed by atoms with Crippen LogP contribution in [0.15, 0.2) is 17.0 Å². The summed E-state index contributed by atoms with van der Waals surface area (Å²) in [5.74, 6) is 0. The molecule has 0 radical (unpaired) electrons. The molecule has 0 aromatic heterocycles. The summed E-state index contributed by atoms with van der Waals surface area (Å²) in [6.07, 6.45) is 0.700. The van der Waals surface area contributed by atoms with Gasteiger partial charge in [0.2, 0.25) is 10.0 Å². The lowest BCUT2D eigenvalue weighted by molar-refractivity contribution is 0.491. The molecule has 0 unspecified atom stereocenters. The van der Waals surface area contributed by atoms with Gasteiger partial charge in [0.15, 0.2) is 0 Å². The Labute approximate surface area is 119 Å². The van der Waals surface area contributed by atoms with E-state index in [1.807, 2.05) is 6.92 Å². The van der Waals surface area contributed by atoms with Crippen LogP contribution in [0.25, 0.3) is 0 Å². The highest BCUT2D eigenvalue weighted by molar-refractivity contribution is 7.89. The number of rotatable bonds is 3. The van der Waals surface area contributed by atoms with E-state index in [2.05, 4.69) is 4.72 Å². The quantitative estimate of drug-likeness (QED) is 0.926. The summed E-state index contributed by atoms with van der Waals surface area (Å²) >= 11 is 12.1. The first kappa shape index (κ1) is 15.8. The van der Waals surface area contributed by atoms with Gasteiger partial charge in [-0.2, -0.15) is 0 Å². The van der Waals surface area contributed by atoms with Crippen LogP contribution in [-0.2, 0) is 16.4 Å². The van der Waals surface area contributed by atoms with Gasteiger partial charge >= 0.3 is 0 Å². The highest BCUT2D eigenvalue weighted by Crippen LogP contribution is 2.32. The molecule has 0 heterocycles. The van der Waals surface area contributed by atoms with E-state index in [-0.39, 0.29) is 9.92 Å². The van der Waals surface area contributed by atoms with E-state index in [4.69, 9.17) is 23.2 Å². The molecule has 3 nitrogen and oxygen atoms in total. The van der Waals surface area contributed by atoms with Gasteiger partial charge in [-0.05, 0) is 38.8 Å². The number of hydrogen-bond donors (Lipinski definition) is 1. The van der Waals surface area contributed by atoms with Gasteiger partial charge in [-0.3, -0.25) is 0 Å². The largest absolute Gasteiger partial charge is 0.242 e. The monoisotopic (exact) mass is 309 g/mol. The number of sulfonamides is 1. The maximum atomic E-state index is 12.2. The molecule has 0 bridgehead atoms. The molecule has 18 heavy (non-hydrogen) atoms. The molecule has 0 fully saturated rings.